The lowest BCUT2D eigenvalue weighted by atomic mass is 10.2. The van der Waals surface area contributed by atoms with E-state index in [4.69, 9.17) is 4.74 Å². The largest absolute Gasteiger partial charge is 0.497 e. The average Bonchev–Trinajstić information content (AvgIpc) is 3.24. The number of thiophene rings is 1. The predicted octanol–water partition coefficient (Wildman–Crippen LogP) is 3.64. The predicted molar refractivity (Wildman–Crippen MR) is 92.6 cm³/mol. The average molecular weight is 325 g/mol. The molecule has 4 nitrogen and oxygen atoms in total. The first-order valence-electron chi connectivity index (χ1n) is 7.76. The number of rotatable bonds is 4. The SMILES string of the molecule is COc1ccc(CN2CCn3c(-c4ccsc4)cnc3C2)cc1. The zero-order chi connectivity index (χ0) is 15.6. The summed E-state index contributed by atoms with van der Waals surface area (Å²) in [6, 6.07) is 10.5. The molecule has 5 heteroatoms. The summed E-state index contributed by atoms with van der Waals surface area (Å²) >= 11 is 1.73. The van der Waals surface area contributed by atoms with Gasteiger partial charge in [0.25, 0.3) is 0 Å². The van der Waals surface area contributed by atoms with Crippen molar-refractivity contribution in [1.82, 2.24) is 14.5 Å². The van der Waals surface area contributed by atoms with Crippen LogP contribution >= 0.6 is 11.3 Å². The topological polar surface area (TPSA) is 30.3 Å². The Morgan fingerprint density at radius 1 is 1.17 bits per heavy atom. The molecule has 1 aliphatic heterocycles. The number of hydrogen-bond acceptors (Lipinski definition) is 4. The van der Waals surface area contributed by atoms with Crippen molar-refractivity contribution in [2.75, 3.05) is 13.7 Å². The van der Waals surface area contributed by atoms with Crippen LogP contribution in [0.2, 0.25) is 0 Å². The fourth-order valence-corrected chi connectivity index (χ4v) is 3.72. The maximum absolute atomic E-state index is 5.22. The first-order chi connectivity index (χ1) is 11.3. The van der Waals surface area contributed by atoms with Crippen LogP contribution in [0.4, 0.5) is 0 Å². The summed E-state index contributed by atoms with van der Waals surface area (Å²) in [6.45, 7) is 3.89. The zero-order valence-electron chi connectivity index (χ0n) is 13.1. The summed E-state index contributed by atoms with van der Waals surface area (Å²) in [7, 11) is 1.70. The summed E-state index contributed by atoms with van der Waals surface area (Å²) < 4.78 is 7.57. The smallest absolute Gasteiger partial charge is 0.123 e. The molecule has 1 aromatic carbocycles. The second-order valence-electron chi connectivity index (χ2n) is 5.78. The van der Waals surface area contributed by atoms with Gasteiger partial charge in [-0.25, -0.2) is 4.98 Å². The van der Waals surface area contributed by atoms with Gasteiger partial charge in [-0.05, 0) is 29.1 Å². The van der Waals surface area contributed by atoms with E-state index in [9.17, 15) is 0 Å². The van der Waals surface area contributed by atoms with Crippen molar-refractivity contribution >= 4 is 11.3 Å². The van der Waals surface area contributed by atoms with Gasteiger partial charge in [0, 0.05) is 30.6 Å². The molecular formula is C18H19N3OS. The van der Waals surface area contributed by atoms with Crippen LogP contribution in [0.3, 0.4) is 0 Å². The molecule has 0 spiro atoms. The molecule has 0 saturated heterocycles. The third-order valence-electron chi connectivity index (χ3n) is 4.33. The van der Waals surface area contributed by atoms with Crippen LogP contribution in [0, 0.1) is 0 Å². The Balaban J connectivity index is 1.48. The van der Waals surface area contributed by atoms with Gasteiger partial charge in [-0.15, -0.1) is 0 Å². The van der Waals surface area contributed by atoms with Gasteiger partial charge in [0.1, 0.15) is 11.6 Å². The van der Waals surface area contributed by atoms with Crippen LogP contribution in [0.5, 0.6) is 5.75 Å². The molecule has 0 atom stereocenters. The van der Waals surface area contributed by atoms with E-state index in [0.29, 0.717) is 0 Å². The van der Waals surface area contributed by atoms with Crippen molar-refractivity contribution in [3.05, 3.63) is 58.7 Å². The fraction of sp³-hybridized carbons (Fsp3) is 0.278. The number of ether oxygens (including phenoxy) is 1. The molecule has 0 radical (unpaired) electrons. The molecule has 23 heavy (non-hydrogen) atoms. The number of imidazole rings is 1. The zero-order valence-corrected chi connectivity index (χ0v) is 13.9. The summed E-state index contributed by atoms with van der Waals surface area (Å²) in [5.41, 5.74) is 3.83. The van der Waals surface area contributed by atoms with E-state index < -0.39 is 0 Å². The van der Waals surface area contributed by atoms with Crippen molar-refractivity contribution in [1.29, 1.82) is 0 Å². The van der Waals surface area contributed by atoms with Crippen molar-refractivity contribution < 1.29 is 4.74 Å². The van der Waals surface area contributed by atoms with Gasteiger partial charge in [0.05, 0.1) is 25.5 Å². The minimum absolute atomic E-state index is 0.899. The maximum atomic E-state index is 5.22. The molecule has 3 aromatic rings. The van der Waals surface area contributed by atoms with Crippen LogP contribution in [-0.4, -0.2) is 28.1 Å². The molecule has 118 valence electrons. The molecule has 3 heterocycles. The van der Waals surface area contributed by atoms with E-state index >= 15 is 0 Å². The lowest BCUT2D eigenvalue weighted by Crippen LogP contribution is -2.33. The number of hydrogen-bond donors (Lipinski definition) is 0. The van der Waals surface area contributed by atoms with E-state index in [2.05, 4.69) is 43.4 Å². The highest BCUT2D eigenvalue weighted by Crippen LogP contribution is 2.26. The quantitative estimate of drug-likeness (QED) is 0.734. The Kier molecular flexibility index (Phi) is 3.89. The monoisotopic (exact) mass is 325 g/mol. The van der Waals surface area contributed by atoms with Crippen molar-refractivity contribution in [2.24, 2.45) is 0 Å². The van der Waals surface area contributed by atoms with Gasteiger partial charge >= 0.3 is 0 Å². The molecule has 0 unspecified atom stereocenters. The van der Waals surface area contributed by atoms with Gasteiger partial charge in [-0.2, -0.15) is 11.3 Å². The number of benzene rings is 1. The highest BCUT2D eigenvalue weighted by atomic mass is 32.1. The lowest BCUT2D eigenvalue weighted by molar-refractivity contribution is 0.209. The highest BCUT2D eigenvalue weighted by Gasteiger charge is 2.20. The Morgan fingerprint density at radius 2 is 2.04 bits per heavy atom. The van der Waals surface area contributed by atoms with E-state index in [0.717, 1.165) is 37.8 Å². The molecular weight excluding hydrogens is 306 g/mol. The number of methoxy groups -OCH3 is 1. The Bertz CT molecular complexity index is 777. The van der Waals surface area contributed by atoms with E-state index in [1.807, 2.05) is 18.3 Å². The van der Waals surface area contributed by atoms with Gasteiger partial charge in [-0.1, -0.05) is 12.1 Å². The fourth-order valence-electron chi connectivity index (χ4n) is 3.07. The van der Waals surface area contributed by atoms with Crippen LogP contribution in [0.15, 0.2) is 47.3 Å². The van der Waals surface area contributed by atoms with Gasteiger partial charge in [0.15, 0.2) is 0 Å². The summed E-state index contributed by atoms with van der Waals surface area (Å²) in [6.07, 6.45) is 2.01. The molecule has 2 aromatic heterocycles. The van der Waals surface area contributed by atoms with E-state index in [1.54, 1.807) is 18.4 Å². The molecule has 0 N–H and O–H groups in total. The first-order valence-corrected chi connectivity index (χ1v) is 8.70. The van der Waals surface area contributed by atoms with Crippen molar-refractivity contribution in [2.45, 2.75) is 19.6 Å². The Labute approximate surface area is 140 Å². The standard InChI is InChI=1S/C18H19N3OS/c1-22-16-4-2-14(3-5-16)11-20-7-8-21-17(10-19-18(21)12-20)15-6-9-23-13-15/h2-6,9-10,13H,7-8,11-12H2,1H3. The van der Waals surface area contributed by atoms with Crippen molar-refractivity contribution in [3.8, 4) is 17.0 Å². The summed E-state index contributed by atoms with van der Waals surface area (Å²) in [4.78, 5) is 7.08. The Hall–Kier alpha value is -2.11. The third-order valence-corrected chi connectivity index (χ3v) is 5.01. The van der Waals surface area contributed by atoms with Crippen molar-refractivity contribution in [3.63, 3.8) is 0 Å². The summed E-state index contributed by atoms with van der Waals surface area (Å²) in [5, 5.41) is 4.31. The third kappa shape index (κ3) is 2.90. The number of nitrogens with zero attached hydrogens (tertiary/aromatic N) is 3. The molecule has 4 rings (SSSR count). The second-order valence-corrected chi connectivity index (χ2v) is 6.56. The molecule has 0 amide bonds. The normalized spacial score (nSPS) is 14.7. The van der Waals surface area contributed by atoms with E-state index in [1.165, 1.54) is 16.8 Å². The molecule has 0 bridgehead atoms. The van der Waals surface area contributed by atoms with E-state index in [-0.39, 0.29) is 0 Å². The van der Waals surface area contributed by atoms with Crippen LogP contribution < -0.4 is 4.74 Å². The lowest BCUT2D eigenvalue weighted by Gasteiger charge is -2.28. The molecule has 0 aliphatic carbocycles. The maximum Gasteiger partial charge on any atom is 0.123 e. The second kappa shape index (κ2) is 6.18. The highest BCUT2D eigenvalue weighted by molar-refractivity contribution is 7.08. The number of aromatic nitrogens is 2. The van der Waals surface area contributed by atoms with Crippen LogP contribution in [-0.2, 0) is 19.6 Å². The molecule has 0 fully saturated rings. The molecule has 1 aliphatic rings. The van der Waals surface area contributed by atoms with Crippen LogP contribution in [0.1, 0.15) is 11.4 Å². The first kappa shape index (κ1) is 14.5. The van der Waals surface area contributed by atoms with Gasteiger partial charge in [-0.3, -0.25) is 4.90 Å². The molecule has 0 saturated carbocycles. The van der Waals surface area contributed by atoms with Gasteiger partial charge in [0.2, 0.25) is 0 Å². The minimum atomic E-state index is 0.899. The summed E-state index contributed by atoms with van der Waals surface area (Å²) in [5.74, 6) is 2.06. The minimum Gasteiger partial charge on any atom is -0.497 e. The van der Waals surface area contributed by atoms with Gasteiger partial charge < -0.3 is 9.30 Å². The Morgan fingerprint density at radius 3 is 2.78 bits per heavy atom. The van der Waals surface area contributed by atoms with Crippen LogP contribution in [0.25, 0.3) is 11.3 Å². The number of fused-ring (bicyclic) bond motifs is 1.